The minimum Gasteiger partial charge on any atom is -0.457 e. The third kappa shape index (κ3) is 5.06. The molecule has 2 amide bonds. The van der Waals surface area contributed by atoms with Crippen LogP contribution in [0.5, 0.6) is 11.5 Å². The summed E-state index contributed by atoms with van der Waals surface area (Å²) in [5.74, 6) is 1.49. The fourth-order valence-corrected chi connectivity index (χ4v) is 2.99. The maximum absolute atomic E-state index is 12.0. The summed E-state index contributed by atoms with van der Waals surface area (Å²) in [5.41, 5.74) is 0.912. The maximum Gasteiger partial charge on any atom is 0.315 e. The molecular formula is C19H19N3O2S. The van der Waals surface area contributed by atoms with E-state index < -0.39 is 0 Å². The van der Waals surface area contributed by atoms with Gasteiger partial charge in [-0.05, 0) is 25.1 Å². The molecule has 0 bridgehead atoms. The van der Waals surface area contributed by atoms with E-state index in [-0.39, 0.29) is 6.03 Å². The van der Waals surface area contributed by atoms with E-state index in [2.05, 4.69) is 15.6 Å². The first-order valence-electron chi connectivity index (χ1n) is 7.94. The molecule has 128 valence electrons. The summed E-state index contributed by atoms with van der Waals surface area (Å²) in [6.07, 6.45) is 1.78. The highest BCUT2D eigenvalue weighted by atomic mass is 32.1. The summed E-state index contributed by atoms with van der Waals surface area (Å²) in [5, 5.41) is 6.68. The molecule has 0 saturated heterocycles. The number of hydrogen-bond acceptors (Lipinski definition) is 4. The number of urea groups is 1. The fraction of sp³-hybridized carbons (Fsp3) is 0.158. The van der Waals surface area contributed by atoms with Crippen molar-refractivity contribution in [2.24, 2.45) is 0 Å². The van der Waals surface area contributed by atoms with Gasteiger partial charge in [-0.25, -0.2) is 9.78 Å². The number of aromatic nitrogens is 1. The summed E-state index contributed by atoms with van der Waals surface area (Å²) in [6.45, 7) is 2.80. The first-order valence-corrected chi connectivity index (χ1v) is 8.76. The Morgan fingerprint density at radius 3 is 2.52 bits per heavy atom. The highest BCUT2D eigenvalue weighted by molar-refractivity contribution is 7.11. The topological polar surface area (TPSA) is 63.2 Å². The van der Waals surface area contributed by atoms with Crippen LogP contribution in [0.3, 0.4) is 0 Å². The quantitative estimate of drug-likeness (QED) is 0.696. The van der Waals surface area contributed by atoms with Gasteiger partial charge < -0.3 is 15.4 Å². The van der Waals surface area contributed by atoms with Gasteiger partial charge in [0.25, 0.3) is 0 Å². The summed E-state index contributed by atoms with van der Waals surface area (Å²) >= 11 is 1.57. The van der Waals surface area contributed by atoms with Crippen molar-refractivity contribution >= 4 is 17.4 Å². The van der Waals surface area contributed by atoms with E-state index in [1.807, 2.05) is 61.5 Å². The first-order chi connectivity index (χ1) is 12.2. The first kappa shape index (κ1) is 17.0. The van der Waals surface area contributed by atoms with Crippen LogP contribution in [-0.4, -0.2) is 11.0 Å². The Bertz CT molecular complexity index is 833. The van der Waals surface area contributed by atoms with Gasteiger partial charge in [-0.2, -0.15) is 0 Å². The Morgan fingerprint density at radius 2 is 1.76 bits per heavy atom. The number of carbonyl (C=O) groups excluding carboxylic acids is 1. The summed E-state index contributed by atoms with van der Waals surface area (Å²) in [6, 6.07) is 17.0. The van der Waals surface area contributed by atoms with Crippen molar-refractivity contribution < 1.29 is 9.53 Å². The van der Waals surface area contributed by atoms with E-state index in [9.17, 15) is 4.79 Å². The summed E-state index contributed by atoms with van der Waals surface area (Å²) in [7, 11) is 0. The Hall–Kier alpha value is -2.86. The smallest absolute Gasteiger partial charge is 0.315 e. The van der Waals surface area contributed by atoms with Crippen molar-refractivity contribution in [1.29, 1.82) is 0 Å². The molecule has 3 rings (SSSR count). The van der Waals surface area contributed by atoms with Crippen LogP contribution in [0.25, 0.3) is 0 Å². The number of nitrogens with one attached hydrogen (secondary N) is 2. The van der Waals surface area contributed by atoms with Crippen LogP contribution < -0.4 is 15.4 Å². The molecule has 6 heteroatoms. The van der Waals surface area contributed by atoms with Crippen LogP contribution in [0.4, 0.5) is 4.79 Å². The molecule has 2 aromatic carbocycles. The highest BCUT2D eigenvalue weighted by Gasteiger charge is 2.07. The Labute approximate surface area is 150 Å². The number of ether oxygens (including phenoxy) is 1. The van der Waals surface area contributed by atoms with E-state index in [0.29, 0.717) is 13.1 Å². The molecule has 1 heterocycles. The second-order valence-corrected chi connectivity index (χ2v) is 6.72. The Kier molecular flexibility index (Phi) is 5.64. The van der Waals surface area contributed by atoms with Crippen LogP contribution in [0, 0.1) is 6.92 Å². The molecule has 5 nitrogen and oxygen atoms in total. The number of nitrogens with zero attached hydrogens (tertiary/aromatic N) is 1. The van der Waals surface area contributed by atoms with Crippen molar-refractivity contribution in [2.75, 3.05) is 0 Å². The minimum absolute atomic E-state index is 0.222. The molecule has 0 aliphatic rings. The Morgan fingerprint density at radius 1 is 1.04 bits per heavy atom. The molecule has 0 radical (unpaired) electrons. The van der Waals surface area contributed by atoms with Crippen molar-refractivity contribution in [1.82, 2.24) is 15.6 Å². The minimum atomic E-state index is -0.222. The zero-order valence-corrected chi connectivity index (χ0v) is 14.7. The van der Waals surface area contributed by atoms with E-state index in [1.54, 1.807) is 17.5 Å². The highest BCUT2D eigenvalue weighted by Crippen LogP contribution is 2.24. The van der Waals surface area contributed by atoms with Gasteiger partial charge in [-0.1, -0.05) is 36.4 Å². The zero-order chi connectivity index (χ0) is 17.5. The number of thiazole rings is 1. The van der Waals surface area contributed by atoms with Gasteiger partial charge in [-0.3, -0.25) is 0 Å². The lowest BCUT2D eigenvalue weighted by Gasteiger charge is -2.12. The predicted octanol–water partition coefficient (Wildman–Crippen LogP) is 4.24. The zero-order valence-electron chi connectivity index (χ0n) is 13.9. The van der Waals surface area contributed by atoms with Crippen molar-refractivity contribution in [3.05, 3.63) is 76.2 Å². The third-order valence-corrected chi connectivity index (χ3v) is 4.39. The maximum atomic E-state index is 12.0. The van der Waals surface area contributed by atoms with Gasteiger partial charge >= 0.3 is 6.03 Å². The molecule has 0 aliphatic heterocycles. The number of rotatable bonds is 6. The van der Waals surface area contributed by atoms with Gasteiger partial charge in [0.1, 0.15) is 11.5 Å². The van der Waals surface area contributed by atoms with Gasteiger partial charge in [-0.15, -0.1) is 11.3 Å². The molecule has 1 aromatic heterocycles. The van der Waals surface area contributed by atoms with Crippen molar-refractivity contribution in [2.45, 2.75) is 20.0 Å². The second kappa shape index (κ2) is 8.30. The molecule has 3 aromatic rings. The lowest BCUT2D eigenvalue weighted by Crippen LogP contribution is -2.34. The molecular weight excluding hydrogens is 334 g/mol. The van der Waals surface area contributed by atoms with Crippen LogP contribution in [-0.2, 0) is 13.1 Å². The van der Waals surface area contributed by atoms with Crippen molar-refractivity contribution in [3.63, 3.8) is 0 Å². The number of carbonyl (C=O) groups is 1. The Balaban J connectivity index is 1.55. The summed E-state index contributed by atoms with van der Waals surface area (Å²) < 4.78 is 5.90. The monoisotopic (exact) mass is 353 g/mol. The molecule has 2 N–H and O–H groups in total. The largest absolute Gasteiger partial charge is 0.457 e. The van der Waals surface area contributed by atoms with E-state index in [4.69, 9.17) is 4.74 Å². The second-order valence-electron chi connectivity index (χ2n) is 5.40. The van der Waals surface area contributed by atoms with Crippen LogP contribution in [0.15, 0.2) is 60.8 Å². The van der Waals surface area contributed by atoms with E-state index in [0.717, 1.165) is 26.9 Å². The lowest BCUT2D eigenvalue weighted by molar-refractivity contribution is 0.240. The molecule has 0 saturated carbocycles. The SMILES string of the molecule is Cc1ncc(CNC(=O)NCc2ccccc2Oc2ccccc2)s1. The average molecular weight is 353 g/mol. The van der Waals surface area contributed by atoms with Crippen LogP contribution in [0.1, 0.15) is 15.4 Å². The van der Waals surface area contributed by atoms with Gasteiger partial charge in [0.05, 0.1) is 11.6 Å². The van der Waals surface area contributed by atoms with E-state index in [1.165, 1.54) is 0 Å². The van der Waals surface area contributed by atoms with E-state index >= 15 is 0 Å². The predicted molar refractivity (Wildman–Crippen MR) is 98.9 cm³/mol. The number of benzene rings is 2. The van der Waals surface area contributed by atoms with Gasteiger partial charge in [0, 0.05) is 23.2 Å². The average Bonchev–Trinajstić information content (AvgIpc) is 3.05. The van der Waals surface area contributed by atoms with Gasteiger partial charge in [0.15, 0.2) is 0 Å². The number of aryl methyl sites for hydroxylation is 1. The lowest BCUT2D eigenvalue weighted by atomic mass is 10.2. The fourth-order valence-electron chi connectivity index (χ4n) is 2.26. The standard InChI is InChI=1S/C19H19N3O2S/c1-14-20-12-17(25-14)13-22-19(23)21-11-15-7-5-6-10-18(15)24-16-8-3-2-4-9-16/h2-10,12H,11,13H2,1H3,(H2,21,22,23). The molecule has 0 aliphatic carbocycles. The molecule has 0 unspecified atom stereocenters. The number of hydrogen-bond donors (Lipinski definition) is 2. The molecule has 0 fully saturated rings. The normalized spacial score (nSPS) is 10.3. The van der Waals surface area contributed by atoms with Gasteiger partial charge in [0.2, 0.25) is 0 Å². The molecule has 0 spiro atoms. The van der Waals surface area contributed by atoms with Crippen molar-refractivity contribution in [3.8, 4) is 11.5 Å². The van der Waals surface area contributed by atoms with Crippen LogP contribution in [0.2, 0.25) is 0 Å². The number of para-hydroxylation sites is 2. The molecule has 0 atom stereocenters. The summed E-state index contributed by atoms with van der Waals surface area (Å²) in [4.78, 5) is 17.2. The molecule has 25 heavy (non-hydrogen) atoms. The van der Waals surface area contributed by atoms with Crippen LogP contribution >= 0.6 is 11.3 Å². The number of amides is 2. The third-order valence-electron chi connectivity index (χ3n) is 3.48.